The van der Waals surface area contributed by atoms with E-state index in [2.05, 4.69) is 13.5 Å². The minimum Gasteiger partial charge on any atom is -0.470 e. The van der Waals surface area contributed by atoms with Crippen molar-refractivity contribution >= 4 is 0 Å². The minimum absolute atomic E-state index is 0.195. The van der Waals surface area contributed by atoms with Crippen molar-refractivity contribution < 1.29 is 13.9 Å². The summed E-state index contributed by atoms with van der Waals surface area (Å²) in [6.45, 7) is 6.56. The van der Waals surface area contributed by atoms with Crippen molar-refractivity contribution in [3.05, 3.63) is 12.3 Å². The Kier molecular flexibility index (Phi) is 6.46. The van der Waals surface area contributed by atoms with Gasteiger partial charge in [-0.1, -0.05) is 26.3 Å². The molecule has 3 heteroatoms. The third-order valence-corrected chi connectivity index (χ3v) is 2.76. The zero-order valence-electron chi connectivity index (χ0n) is 10.2. The second-order valence-corrected chi connectivity index (χ2v) is 4.40. The molecule has 2 unspecified atom stereocenters. The van der Waals surface area contributed by atoms with Gasteiger partial charge in [-0.05, 0) is 19.3 Å². The molecule has 0 aromatic rings. The van der Waals surface area contributed by atoms with Gasteiger partial charge in [-0.25, -0.2) is 4.39 Å². The molecule has 0 aliphatic carbocycles. The third-order valence-electron chi connectivity index (χ3n) is 2.76. The average Bonchev–Trinajstić information content (AvgIpc) is 2.27. The highest BCUT2D eigenvalue weighted by Gasteiger charge is 2.17. The fourth-order valence-corrected chi connectivity index (χ4v) is 1.81. The van der Waals surface area contributed by atoms with Crippen LogP contribution in [0.1, 0.15) is 51.9 Å². The molecule has 0 bridgehead atoms. The molecule has 94 valence electrons. The van der Waals surface area contributed by atoms with E-state index in [0.717, 1.165) is 38.7 Å². The van der Waals surface area contributed by atoms with E-state index in [1.165, 1.54) is 0 Å². The minimum atomic E-state index is -0.823. The molecular weight excluding hydrogens is 207 g/mol. The Balaban J connectivity index is 2.13. The summed E-state index contributed by atoms with van der Waals surface area (Å²) in [5.41, 5.74) is 0. The van der Waals surface area contributed by atoms with Gasteiger partial charge in [0.2, 0.25) is 0 Å². The Morgan fingerprint density at radius 2 is 2.38 bits per heavy atom. The lowest BCUT2D eigenvalue weighted by atomic mass is 10.1. The number of hydrogen-bond acceptors (Lipinski definition) is 2. The standard InChI is InChI=1S/C13H23FO2/c1-3-4-7-12(14)10-11(2)16-13-8-5-6-9-15-13/h12-13H,2-10H2,1H3. The molecule has 0 N–H and O–H groups in total. The highest BCUT2D eigenvalue weighted by molar-refractivity contribution is 4.86. The maximum absolute atomic E-state index is 13.4. The summed E-state index contributed by atoms with van der Waals surface area (Å²) < 4.78 is 24.3. The van der Waals surface area contributed by atoms with Crippen molar-refractivity contribution in [3.63, 3.8) is 0 Å². The van der Waals surface area contributed by atoms with Crippen LogP contribution in [0.2, 0.25) is 0 Å². The van der Waals surface area contributed by atoms with Gasteiger partial charge in [-0.3, -0.25) is 0 Å². The van der Waals surface area contributed by atoms with E-state index in [4.69, 9.17) is 9.47 Å². The van der Waals surface area contributed by atoms with Crippen LogP contribution in [0.3, 0.4) is 0 Å². The van der Waals surface area contributed by atoms with E-state index in [-0.39, 0.29) is 6.29 Å². The van der Waals surface area contributed by atoms with Gasteiger partial charge >= 0.3 is 0 Å². The number of allylic oxidation sites excluding steroid dienone is 1. The third kappa shape index (κ3) is 5.50. The summed E-state index contributed by atoms with van der Waals surface area (Å²) >= 11 is 0. The van der Waals surface area contributed by atoms with Crippen molar-refractivity contribution in [1.29, 1.82) is 0 Å². The number of alkyl halides is 1. The molecule has 2 atom stereocenters. The summed E-state index contributed by atoms with van der Waals surface area (Å²) in [7, 11) is 0. The molecule has 1 fully saturated rings. The Morgan fingerprint density at radius 1 is 1.56 bits per heavy atom. The predicted octanol–water partition coefficient (Wildman–Crippen LogP) is 3.96. The van der Waals surface area contributed by atoms with E-state index in [9.17, 15) is 4.39 Å². The van der Waals surface area contributed by atoms with Gasteiger partial charge < -0.3 is 9.47 Å². The lowest BCUT2D eigenvalue weighted by molar-refractivity contribution is -0.141. The molecule has 1 heterocycles. The summed E-state index contributed by atoms with van der Waals surface area (Å²) in [5.74, 6) is 0.524. The Morgan fingerprint density at radius 3 is 3.00 bits per heavy atom. The Hall–Kier alpha value is -0.570. The Bertz CT molecular complexity index is 200. The molecule has 0 aromatic carbocycles. The summed E-state index contributed by atoms with van der Waals surface area (Å²) in [5, 5.41) is 0. The normalized spacial score (nSPS) is 22.8. The number of ether oxygens (including phenoxy) is 2. The zero-order valence-corrected chi connectivity index (χ0v) is 10.2. The van der Waals surface area contributed by atoms with Crippen LogP contribution in [0.4, 0.5) is 4.39 Å². The van der Waals surface area contributed by atoms with Crippen LogP contribution in [0.15, 0.2) is 12.3 Å². The second kappa shape index (κ2) is 7.66. The van der Waals surface area contributed by atoms with E-state index in [1.807, 2.05) is 0 Å². The molecule has 0 aromatic heterocycles. The maximum Gasteiger partial charge on any atom is 0.199 e. The van der Waals surface area contributed by atoms with Gasteiger partial charge in [0.25, 0.3) is 0 Å². The fraction of sp³-hybridized carbons (Fsp3) is 0.846. The van der Waals surface area contributed by atoms with Crippen LogP contribution in [0.5, 0.6) is 0 Å². The molecule has 1 rings (SSSR count). The smallest absolute Gasteiger partial charge is 0.199 e. The molecule has 0 amide bonds. The van der Waals surface area contributed by atoms with Crippen molar-refractivity contribution in [2.24, 2.45) is 0 Å². The average molecular weight is 230 g/mol. The van der Waals surface area contributed by atoms with E-state index in [0.29, 0.717) is 18.6 Å². The van der Waals surface area contributed by atoms with Crippen molar-refractivity contribution in [2.45, 2.75) is 64.3 Å². The SMILES string of the molecule is C=C(CC(F)CCCC)OC1CCCCO1. The van der Waals surface area contributed by atoms with Crippen molar-refractivity contribution in [1.82, 2.24) is 0 Å². The molecule has 1 saturated heterocycles. The Labute approximate surface area is 97.8 Å². The molecule has 0 spiro atoms. The lowest BCUT2D eigenvalue weighted by Crippen LogP contribution is -2.22. The monoisotopic (exact) mass is 230 g/mol. The highest BCUT2D eigenvalue weighted by Crippen LogP contribution is 2.20. The molecule has 2 nitrogen and oxygen atoms in total. The molecule has 1 aliphatic rings. The van der Waals surface area contributed by atoms with Crippen LogP contribution in [-0.2, 0) is 9.47 Å². The quantitative estimate of drug-likeness (QED) is 0.616. The lowest BCUT2D eigenvalue weighted by Gasteiger charge is -2.24. The molecule has 0 radical (unpaired) electrons. The van der Waals surface area contributed by atoms with Crippen molar-refractivity contribution in [3.8, 4) is 0 Å². The maximum atomic E-state index is 13.4. The molecule has 0 saturated carbocycles. The summed E-state index contributed by atoms with van der Waals surface area (Å²) in [6, 6.07) is 0. The molecule has 1 aliphatic heterocycles. The van der Waals surface area contributed by atoms with Crippen molar-refractivity contribution in [2.75, 3.05) is 6.61 Å². The van der Waals surface area contributed by atoms with Gasteiger partial charge in [0.15, 0.2) is 6.29 Å². The first-order valence-electron chi connectivity index (χ1n) is 6.32. The first-order chi connectivity index (χ1) is 7.72. The number of halogens is 1. The van der Waals surface area contributed by atoms with E-state index < -0.39 is 6.17 Å². The largest absolute Gasteiger partial charge is 0.470 e. The van der Waals surface area contributed by atoms with Gasteiger partial charge in [0.05, 0.1) is 12.4 Å². The zero-order chi connectivity index (χ0) is 11.8. The van der Waals surface area contributed by atoms with E-state index in [1.54, 1.807) is 0 Å². The van der Waals surface area contributed by atoms with Crippen LogP contribution in [0.25, 0.3) is 0 Å². The first-order valence-corrected chi connectivity index (χ1v) is 6.32. The van der Waals surface area contributed by atoms with Gasteiger partial charge in [0, 0.05) is 12.8 Å². The molecule has 16 heavy (non-hydrogen) atoms. The van der Waals surface area contributed by atoms with E-state index >= 15 is 0 Å². The van der Waals surface area contributed by atoms with Gasteiger partial charge in [-0.2, -0.15) is 0 Å². The molecular formula is C13H23FO2. The van der Waals surface area contributed by atoms with Crippen LogP contribution < -0.4 is 0 Å². The first kappa shape index (κ1) is 13.5. The van der Waals surface area contributed by atoms with Crippen LogP contribution >= 0.6 is 0 Å². The fourth-order valence-electron chi connectivity index (χ4n) is 1.81. The van der Waals surface area contributed by atoms with Crippen LogP contribution in [0, 0.1) is 0 Å². The highest BCUT2D eigenvalue weighted by atomic mass is 19.1. The van der Waals surface area contributed by atoms with Gasteiger partial charge in [0.1, 0.15) is 6.17 Å². The number of unbranched alkanes of at least 4 members (excludes halogenated alkanes) is 1. The summed E-state index contributed by atoms with van der Waals surface area (Å²) in [6.07, 6.45) is 4.94. The van der Waals surface area contributed by atoms with Gasteiger partial charge in [-0.15, -0.1) is 0 Å². The predicted molar refractivity (Wildman–Crippen MR) is 62.9 cm³/mol. The topological polar surface area (TPSA) is 18.5 Å². The number of rotatable bonds is 7. The number of hydrogen-bond donors (Lipinski definition) is 0. The van der Waals surface area contributed by atoms with Crippen LogP contribution in [-0.4, -0.2) is 19.1 Å². The second-order valence-electron chi connectivity index (χ2n) is 4.40. The summed E-state index contributed by atoms with van der Waals surface area (Å²) in [4.78, 5) is 0.